The van der Waals surface area contributed by atoms with Gasteiger partial charge in [0.05, 0.1) is 17.4 Å². The number of aromatic nitrogens is 2. The second-order valence-electron chi connectivity index (χ2n) is 7.05. The lowest BCUT2D eigenvalue weighted by Crippen LogP contribution is -2.41. The van der Waals surface area contributed by atoms with E-state index < -0.39 is 17.8 Å². The summed E-state index contributed by atoms with van der Waals surface area (Å²) in [5.41, 5.74) is 1.90. The average molecular weight is 400 g/mol. The van der Waals surface area contributed by atoms with E-state index >= 15 is 0 Å². The van der Waals surface area contributed by atoms with E-state index in [1.54, 1.807) is 10.9 Å². The van der Waals surface area contributed by atoms with E-state index in [1.165, 1.54) is 23.1 Å². The van der Waals surface area contributed by atoms with Crippen LogP contribution in [0, 0.1) is 0 Å². The maximum atomic E-state index is 13.2. The van der Waals surface area contributed by atoms with Crippen LogP contribution in [0.15, 0.2) is 60.9 Å². The van der Waals surface area contributed by atoms with E-state index in [2.05, 4.69) is 10.4 Å². The number of fused-ring (bicyclic) bond motifs is 1. The van der Waals surface area contributed by atoms with Gasteiger partial charge in [-0.25, -0.2) is 4.79 Å². The third kappa shape index (κ3) is 3.83. The topological polar surface area (TPSA) is 50.2 Å². The number of hydrogen-bond donors (Lipinski definition) is 1. The number of urea groups is 1. The maximum Gasteiger partial charge on any atom is 0.418 e. The van der Waals surface area contributed by atoms with Crippen molar-refractivity contribution in [3.8, 4) is 0 Å². The molecule has 2 heterocycles. The van der Waals surface area contributed by atoms with Crippen molar-refractivity contribution in [3.05, 3.63) is 83.2 Å². The van der Waals surface area contributed by atoms with Crippen LogP contribution in [0.25, 0.3) is 0 Å². The third-order valence-electron chi connectivity index (χ3n) is 5.08. The second-order valence-corrected chi connectivity index (χ2v) is 7.05. The molecule has 4 rings (SSSR count). The van der Waals surface area contributed by atoms with Crippen molar-refractivity contribution in [1.29, 1.82) is 0 Å². The molecular weight excluding hydrogens is 381 g/mol. The molecule has 0 unspecified atom stereocenters. The van der Waals surface area contributed by atoms with Crippen LogP contribution in [0.5, 0.6) is 0 Å². The van der Waals surface area contributed by atoms with Gasteiger partial charge >= 0.3 is 12.2 Å². The first-order valence-electron chi connectivity index (χ1n) is 9.11. The highest BCUT2D eigenvalue weighted by Gasteiger charge is 2.35. The number of carbonyl (C=O) groups excluding carboxylic acids is 1. The van der Waals surface area contributed by atoms with Gasteiger partial charge in [0.2, 0.25) is 0 Å². The number of amides is 2. The highest BCUT2D eigenvalue weighted by molar-refractivity contribution is 5.90. The minimum atomic E-state index is -4.55. The molecule has 0 radical (unpaired) electrons. The summed E-state index contributed by atoms with van der Waals surface area (Å²) >= 11 is 0. The first kappa shape index (κ1) is 19.0. The smallest absolute Gasteiger partial charge is 0.319 e. The Balaban J connectivity index is 1.62. The Labute approximate surface area is 165 Å². The zero-order chi connectivity index (χ0) is 20.6. The highest BCUT2D eigenvalue weighted by atomic mass is 19.4. The summed E-state index contributed by atoms with van der Waals surface area (Å²) in [5, 5.41) is 6.65. The number of halogens is 3. The fourth-order valence-corrected chi connectivity index (χ4v) is 3.70. The number of anilines is 1. The second kappa shape index (κ2) is 7.27. The standard InChI is InChI=1S/C21H19F3N4O/c1-27-11-15(10-25-27)17-13-28(12-14-6-2-3-7-16(14)17)20(29)26-19-9-5-4-8-18(19)21(22,23)24/h2-11,17H,12-13H2,1H3,(H,26,29)/t17-/m1/s1. The van der Waals surface area contributed by atoms with Gasteiger partial charge < -0.3 is 10.2 Å². The average Bonchev–Trinajstić information content (AvgIpc) is 3.13. The molecule has 150 valence electrons. The van der Waals surface area contributed by atoms with Crippen LogP contribution in [0.1, 0.15) is 28.2 Å². The van der Waals surface area contributed by atoms with Crippen molar-refractivity contribution in [3.63, 3.8) is 0 Å². The Morgan fingerprint density at radius 2 is 1.86 bits per heavy atom. The summed E-state index contributed by atoms with van der Waals surface area (Å²) in [6, 6.07) is 12.2. The van der Waals surface area contributed by atoms with Crippen molar-refractivity contribution < 1.29 is 18.0 Å². The molecule has 0 spiro atoms. The largest absolute Gasteiger partial charge is 0.418 e. The van der Waals surface area contributed by atoms with E-state index in [4.69, 9.17) is 0 Å². The van der Waals surface area contributed by atoms with Gasteiger partial charge in [-0.2, -0.15) is 18.3 Å². The molecule has 5 nitrogen and oxygen atoms in total. The summed E-state index contributed by atoms with van der Waals surface area (Å²) in [7, 11) is 1.82. The fraction of sp³-hybridized carbons (Fsp3) is 0.238. The molecular formula is C21H19F3N4O. The van der Waals surface area contributed by atoms with Gasteiger partial charge in [0.25, 0.3) is 0 Å². The molecule has 1 aliphatic rings. The molecule has 1 N–H and O–H groups in total. The molecule has 29 heavy (non-hydrogen) atoms. The number of alkyl halides is 3. The number of aryl methyl sites for hydroxylation is 1. The van der Waals surface area contributed by atoms with E-state index in [-0.39, 0.29) is 11.6 Å². The molecule has 0 fully saturated rings. The molecule has 3 aromatic rings. The lowest BCUT2D eigenvalue weighted by molar-refractivity contribution is -0.136. The van der Waals surface area contributed by atoms with Gasteiger partial charge in [0.1, 0.15) is 0 Å². The first-order valence-corrected chi connectivity index (χ1v) is 9.11. The number of para-hydroxylation sites is 1. The summed E-state index contributed by atoms with van der Waals surface area (Å²) in [4.78, 5) is 14.4. The zero-order valence-electron chi connectivity index (χ0n) is 15.6. The SMILES string of the molecule is Cn1cc([C@H]2CN(C(=O)Nc3ccccc3C(F)(F)F)Cc3ccccc32)cn1. The van der Waals surface area contributed by atoms with Crippen LogP contribution in [0.2, 0.25) is 0 Å². The van der Waals surface area contributed by atoms with Crippen molar-refractivity contribution in [1.82, 2.24) is 14.7 Å². The van der Waals surface area contributed by atoms with E-state index in [0.29, 0.717) is 13.1 Å². The molecule has 1 aromatic heterocycles. The van der Waals surface area contributed by atoms with Crippen molar-refractivity contribution in [2.24, 2.45) is 7.05 Å². The Hall–Kier alpha value is -3.29. The minimum Gasteiger partial charge on any atom is -0.319 e. The minimum absolute atomic E-state index is 0.0998. The van der Waals surface area contributed by atoms with Crippen LogP contribution in [-0.4, -0.2) is 27.3 Å². The maximum absolute atomic E-state index is 13.2. The molecule has 0 bridgehead atoms. The van der Waals surface area contributed by atoms with Crippen molar-refractivity contribution in [2.45, 2.75) is 18.6 Å². The van der Waals surface area contributed by atoms with E-state index in [1.807, 2.05) is 37.5 Å². The number of carbonyl (C=O) groups is 1. The van der Waals surface area contributed by atoms with Gasteiger partial charge in [0, 0.05) is 32.3 Å². The molecule has 2 aromatic carbocycles. The normalized spacial score (nSPS) is 16.4. The number of nitrogens with zero attached hydrogens (tertiary/aromatic N) is 3. The summed E-state index contributed by atoms with van der Waals surface area (Å²) in [6.07, 6.45) is -0.903. The first-order chi connectivity index (χ1) is 13.8. The highest BCUT2D eigenvalue weighted by Crippen LogP contribution is 2.36. The Kier molecular flexibility index (Phi) is 4.77. The lowest BCUT2D eigenvalue weighted by Gasteiger charge is -2.34. The van der Waals surface area contributed by atoms with E-state index in [9.17, 15) is 18.0 Å². The predicted octanol–water partition coefficient (Wildman–Crippen LogP) is 4.62. The number of rotatable bonds is 2. The van der Waals surface area contributed by atoms with Crippen molar-refractivity contribution in [2.75, 3.05) is 11.9 Å². The third-order valence-corrected chi connectivity index (χ3v) is 5.08. The van der Waals surface area contributed by atoms with Gasteiger partial charge in [-0.1, -0.05) is 36.4 Å². The van der Waals surface area contributed by atoms with Crippen LogP contribution in [0.3, 0.4) is 0 Å². The predicted molar refractivity (Wildman–Crippen MR) is 102 cm³/mol. The molecule has 1 atom stereocenters. The monoisotopic (exact) mass is 400 g/mol. The molecule has 8 heteroatoms. The van der Waals surface area contributed by atoms with Gasteiger partial charge in [-0.15, -0.1) is 0 Å². The molecule has 0 aliphatic carbocycles. The van der Waals surface area contributed by atoms with Gasteiger partial charge in [-0.05, 0) is 28.8 Å². The Morgan fingerprint density at radius 1 is 1.14 bits per heavy atom. The van der Waals surface area contributed by atoms with E-state index in [0.717, 1.165) is 22.8 Å². The number of benzene rings is 2. The summed E-state index contributed by atoms with van der Waals surface area (Å²) in [5.74, 6) is -0.0998. The molecule has 2 amide bonds. The van der Waals surface area contributed by atoms with Crippen LogP contribution >= 0.6 is 0 Å². The summed E-state index contributed by atoms with van der Waals surface area (Å²) < 4.78 is 41.4. The van der Waals surface area contributed by atoms with Crippen molar-refractivity contribution >= 4 is 11.7 Å². The fourth-order valence-electron chi connectivity index (χ4n) is 3.70. The van der Waals surface area contributed by atoms with Crippen LogP contribution < -0.4 is 5.32 Å². The van der Waals surface area contributed by atoms with Crippen LogP contribution in [-0.2, 0) is 19.8 Å². The molecule has 0 saturated heterocycles. The Morgan fingerprint density at radius 3 is 2.59 bits per heavy atom. The zero-order valence-corrected chi connectivity index (χ0v) is 15.6. The number of nitrogens with one attached hydrogen (secondary N) is 1. The summed E-state index contributed by atoms with van der Waals surface area (Å²) in [6.45, 7) is 0.676. The quantitative estimate of drug-likeness (QED) is 0.683. The van der Waals surface area contributed by atoms with Crippen LogP contribution in [0.4, 0.5) is 23.7 Å². The molecule has 0 saturated carbocycles. The Bertz CT molecular complexity index is 1040. The lowest BCUT2D eigenvalue weighted by atomic mass is 9.86. The van der Waals surface area contributed by atoms with Gasteiger partial charge in [-0.3, -0.25) is 4.68 Å². The van der Waals surface area contributed by atoms with Gasteiger partial charge in [0.15, 0.2) is 0 Å². The molecule has 1 aliphatic heterocycles. The number of hydrogen-bond acceptors (Lipinski definition) is 2.